The van der Waals surface area contributed by atoms with Crippen LogP contribution >= 0.6 is 27.3 Å². The number of esters is 1. The molecule has 35 heavy (non-hydrogen) atoms. The van der Waals surface area contributed by atoms with Crippen LogP contribution < -0.4 is 19.8 Å². The van der Waals surface area contributed by atoms with Crippen LogP contribution in [0.3, 0.4) is 0 Å². The molecule has 4 heterocycles. The maximum absolute atomic E-state index is 13.7. The Morgan fingerprint density at radius 2 is 1.94 bits per heavy atom. The molecule has 0 aliphatic carbocycles. The van der Waals surface area contributed by atoms with Gasteiger partial charge in [-0.15, -0.1) is 0 Å². The number of aromatic nitrogens is 1. The first-order valence-corrected chi connectivity index (χ1v) is 13.4. The smallest absolute Gasteiger partial charge is 0.338 e. The molecule has 2 aliphatic heterocycles. The molecule has 5 rings (SSSR count). The SMILES string of the molecule is CCOC(=O)C1=C(C)N=c2s/c(=C\c3ccc(N4CCCCC4)o3)c(=O)n2[C@H]1c1ccc(Br)cc1. The van der Waals surface area contributed by atoms with Gasteiger partial charge in [0.25, 0.3) is 5.56 Å². The highest BCUT2D eigenvalue weighted by atomic mass is 79.9. The van der Waals surface area contributed by atoms with Crippen LogP contribution in [0.2, 0.25) is 0 Å². The standard InChI is InChI=1S/C26H26BrN3O4S/c1-3-33-25(32)22-16(2)28-26-30(23(22)17-7-9-18(27)10-8-17)24(31)20(35-26)15-19-11-12-21(34-19)29-13-5-4-6-14-29/h7-12,15,23H,3-6,13-14H2,1-2H3/b20-15-/t23-/m0/s1. The van der Waals surface area contributed by atoms with E-state index in [0.717, 1.165) is 41.9 Å². The van der Waals surface area contributed by atoms with Crippen molar-refractivity contribution in [2.45, 2.75) is 39.2 Å². The van der Waals surface area contributed by atoms with Gasteiger partial charge in [-0.2, -0.15) is 0 Å². The lowest BCUT2D eigenvalue weighted by atomic mass is 9.96. The van der Waals surface area contributed by atoms with Crippen LogP contribution in [0, 0.1) is 0 Å². The number of thiazole rings is 1. The van der Waals surface area contributed by atoms with Crippen molar-refractivity contribution in [2.75, 3.05) is 24.6 Å². The molecule has 0 unspecified atom stereocenters. The van der Waals surface area contributed by atoms with Crippen molar-refractivity contribution in [3.05, 3.63) is 83.2 Å². The van der Waals surface area contributed by atoms with Gasteiger partial charge in [0, 0.05) is 29.7 Å². The molecule has 2 aliphatic rings. The average Bonchev–Trinajstić information content (AvgIpc) is 3.44. The Kier molecular flexibility index (Phi) is 6.80. The summed E-state index contributed by atoms with van der Waals surface area (Å²) in [5, 5.41) is 0. The summed E-state index contributed by atoms with van der Waals surface area (Å²) in [5.41, 5.74) is 1.52. The molecule has 7 nitrogen and oxygen atoms in total. The van der Waals surface area contributed by atoms with Crippen molar-refractivity contribution < 1.29 is 13.9 Å². The second-order valence-corrected chi connectivity index (χ2v) is 10.5. The first-order chi connectivity index (χ1) is 17.0. The number of nitrogens with zero attached hydrogens (tertiary/aromatic N) is 3. The van der Waals surface area contributed by atoms with Crippen LogP contribution in [0.4, 0.5) is 5.88 Å². The lowest BCUT2D eigenvalue weighted by molar-refractivity contribution is -0.139. The van der Waals surface area contributed by atoms with Gasteiger partial charge in [-0.25, -0.2) is 9.79 Å². The molecule has 0 bridgehead atoms. The van der Waals surface area contributed by atoms with Crippen molar-refractivity contribution >= 4 is 45.2 Å². The normalized spacial score (nSPS) is 18.4. The Bertz CT molecular complexity index is 1460. The minimum atomic E-state index is -0.624. The summed E-state index contributed by atoms with van der Waals surface area (Å²) in [5.74, 6) is 0.988. The molecule has 1 aromatic carbocycles. The maximum Gasteiger partial charge on any atom is 0.338 e. The minimum absolute atomic E-state index is 0.216. The van der Waals surface area contributed by atoms with Gasteiger partial charge in [-0.1, -0.05) is 39.4 Å². The number of carbonyl (C=O) groups excluding carboxylic acids is 1. The monoisotopic (exact) mass is 555 g/mol. The molecule has 1 saturated heterocycles. The second kappa shape index (κ2) is 9.99. The summed E-state index contributed by atoms with van der Waals surface area (Å²) in [7, 11) is 0. The van der Waals surface area contributed by atoms with Gasteiger partial charge in [-0.05, 0) is 56.9 Å². The van der Waals surface area contributed by atoms with Gasteiger partial charge < -0.3 is 14.1 Å². The molecule has 0 saturated carbocycles. The van der Waals surface area contributed by atoms with E-state index in [1.165, 1.54) is 17.8 Å². The Morgan fingerprint density at radius 3 is 2.66 bits per heavy atom. The molecule has 0 N–H and O–H groups in total. The summed E-state index contributed by atoms with van der Waals surface area (Å²) in [4.78, 5) is 34.0. The van der Waals surface area contributed by atoms with E-state index in [1.807, 2.05) is 36.4 Å². The van der Waals surface area contributed by atoms with Gasteiger partial charge >= 0.3 is 5.97 Å². The fourth-order valence-corrected chi connectivity index (χ4v) is 5.88. The van der Waals surface area contributed by atoms with Crippen molar-refractivity contribution in [1.29, 1.82) is 0 Å². The molecule has 1 fully saturated rings. The molecule has 0 spiro atoms. The van der Waals surface area contributed by atoms with Crippen LogP contribution in [0.1, 0.15) is 50.5 Å². The van der Waals surface area contributed by atoms with Crippen molar-refractivity contribution in [1.82, 2.24) is 4.57 Å². The molecule has 2 aromatic heterocycles. The molecule has 3 aromatic rings. The van der Waals surface area contributed by atoms with Gasteiger partial charge in [0.2, 0.25) is 0 Å². The number of benzene rings is 1. The predicted molar refractivity (Wildman–Crippen MR) is 139 cm³/mol. The van der Waals surface area contributed by atoms with Gasteiger partial charge in [0.05, 0.1) is 28.5 Å². The largest absolute Gasteiger partial charge is 0.463 e. The Labute approximate surface area is 215 Å². The third-order valence-electron chi connectivity index (χ3n) is 6.26. The summed E-state index contributed by atoms with van der Waals surface area (Å²) in [6.07, 6.45) is 5.33. The topological polar surface area (TPSA) is 77.0 Å². The van der Waals surface area contributed by atoms with Crippen LogP contribution in [-0.4, -0.2) is 30.2 Å². The maximum atomic E-state index is 13.7. The number of allylic oxidation sites excluding steroid dienone is 1. The molecule has 1 atom stereocenters. The second-order valence-electron chi connectivity index (χ2n) is 8.58. The summed E-state index contributed by atoms with van der Waals surface area (Å²) in [6, 6.07) is 10.8. The number of hydrogen-bond donors (Lipinski definition) is 0. The summed E-state index contributed by atoms with van der Waals surface area (Å²) in [6.45, 7) is 5.76. The lowest BCUT2D eigenvalue weighted by Gasteiger charge is -2.25. The van der Waals surface area contributed by atoms with Crippen LogP contribution in [0.5, 0.6) is 0 Å². The summed E-state index contributed by atoms with van der Waals surface area (Å²) < 4.78 is 14.4. The van der Waals surface area contributed by atoms with E-state index in [0.29, 0.717) is 26.4 Å². The number of fused-ring (bicyclic) bond motifs is 1. The zero-order valence-corrected chi connectivity index (χ0v) is 22.0. The highest BCUT2D eigenvalue weighted by Gasteiger charge is 2.33. The molecular weight excluding hydrogens is 530 g/mol. The van der Waals surface area contributed by atoms with E-state index in [1.54, 1.807) is 24.5 Å². The Hall–Kier alpha value is -2.91. The predicted octanol–water partition coefficient (Wildman–Crippen LogP) is 4.14. The molecule has 182 valence electrons. The van der Waals surface area contributed by atoms with E-state index in [9.17, 15) is 9.59 Å². The Morgan fingerprint density at radius 1 is 1.20 bits per heavy atom. The zero-order valence-electron chi connectivity index (χ0n) is 19.6. The van der Waals surface area contributed by atoms with E-state index in [2.05, 4.69) is 25.8 Å². The third kappa shape index (κ3) is 4.67. The van der Waals surface area contributed by atoms with E-state index in [4.69, 9.17) is 9.15 Å². The zero-order chi connectivity index (χ0) is 24.5. The quantitative estimate of drug-likeness (QED) is 0.442. The van der Waals surface area contributed by atoms with Crippen molar-refractivity contribution in [3.8, 4) is 0 Å². The van der Waals surface area contributed by atoms with E-state index in [-0.39, 0.29) is 12.2 Å². The molecule has 0 radical (unpaired) electrons. The fraction of sp³-hybridized carbons (Fsp3) is 0.346. The lowest BCUT2D eigenvalue weighted by Crippen LogP contribution is -2.39. The number of carbonyl (C=O) groups is 1. The van der Waals surface area contributed by atoms with E-state index >= 15 is 0 Å². The number of ether oxygens (including phenoxy) is 1. The number of hydrogen-bond acceptors (Lipinski definition) is 7. The van der Waals surface area contributed by atoms with Crippen LogP contribution in [0.15, 0.2) is 66.3 Å². The van der Waals surface area contributed by atoms with Crippen molar-refractivity contribution in [2.24, 2.45) is 4.99 Å². The highest BCUT2D eigenvalue weighted by molar-refractivity contribution is 9.10. The Balaban J connectivity index is 1.60. The van der Waals surface area contributed by atoms with Crippen molar-refractivity contribution in [3.63, 3.8) is 0 Å². The first-order valence-electron chi connectivity index (χ1n) is 11.8. The minimum Gasteiger partial charge on any atom is -0.463 e. The van der Waals surface area contributed by atoms with E-state index < -0.39 is 12.0 Å². The number of piperidine rings is 1. The molecule has 9 heteroatoms. The van der Waals surface area contributed by atoms with Gasteiger partial charge in [0.1, 0.15) is 5.76 Å². The number of furan rings is 1. The van der Waals surface area contributed by atoms with Gasteiger partial charge in [-0.3, -0.25) is 9.36 Å². The average molecular weight is 556 g/mol. The summed E-state index contributed by atoms with van der Waals surface area (Å²) >= 11 is 4.75. The molecule has 0 amide bonds. The van der Waals surface area contributed by atoms with Crippen LogP contribution in [-0.2, 0) is 9.53 Å². The van der Waals surface area contributed by atoms with Gasteiger partial charge in [0.15, 0.2) is 10.7 Å². The van der Waals surface area contributed by atoms with Crippen LogP contribution in [0.25, 0.3) is 6.08 Å². The number of anilines is 1. The fourth-order valence-electron chi connectivity index (χ4n) is 4.59. The molecular formula is C26H26BrN3O4S. The number of halogens is 1. The third-order valence-corrected chi connectivity index (χ3v) is 7.77. The highest BCUT2D eigenvalue weighted by Crippen LogP contribution is 2.31. The first kappa shape index (κ1) is 23.8. The number of rotatable bonds is 5.